The molecule has 1 rings (SSSR count). The van der Waals surface area contributed by atoms with Crippen molar-refractivity contribution in [2.45, 2.75) is 31.9 Å². The Morgan fingerprint density at radius 3 is 2.58 bits per heavy atom. The minimum absolute atomic E-state index is 0.145. The maximum Gasteiger partial charge on any atom is 0.452 e. The summed E-state index contributed by atoms with van der Waals surface area (Å²) in [6, 6.07) is 8.41. The first-order valence-electron chi connectivity index (χ1n) is 7.26. The first-order chi connectivity index (χ1) is 11.7. The highest BCUT2D eigenvalue weighted by Crippen LogP contribution is 2.07. The van der Waals surface area contributed by atoms with Crippen molar-refractivity contribution >= 4 is 12.1 Å². The van der Waals surface area contributed by atoms with Gasteiger partial charge in [-0.05, 0) is 24.8 Å². The zero-order valence-electron chi connectivity index (χ0n) is 13.1. The van der Waals surface area contributed by atoms with Crippen LogP contribution in [0.25, 0.3) is 0 Å². The Morgan fingerprint density at radius 1 is 1.17 bits per heavy atom. The smallest absolute Gasteiger partial charge is 0.442 e. The summed E-state index contributed by atoms with van der Waals surface area (Å²) in [4.78, 5) is 26.7. The van der Waals surface area contributed by atoms with Crippen LogP contribution in [0.4, 0.5) is 4.79 Å². The van der Waals surface area contributed by atoms with Gasteiger partial charge in [0.1, 0.15) is 6.61 Å². The van der Waals surface area contributed by atoms with E-state index in [-0.39, 0.29) is 6.61 Å². The Morgan fingerprint density at radius 2 is 1.92 bits per heavy atom. The van der Waals surface area contributed by atoms with Crippen LogP contribution in [0.1, 0.15) is 24.8 Å². The summed E-state index contributed by atoms with van der Waals surface area (Å²) in [6.07, 6.45) is 0.770. The summed E-state index contributed by atoms with van der Waals surface area (Å²) >= 11 is 0. The molecule has 1 atom stereocenters. The lowest BCUT2D eigenvalue weighted by Crippen LogP contribution is -2.24. The molecule has 10 heteroatoms. The van der Waals surface area contributed by atoms with E-state index in [2.05, 4.69) is 25.4 Å². The third-order valence-electron chi connectivity index (χ3n) is 2.94. The number of carbonyl (C=O) groups excluding carboxylic acids is 2. The van der Waals surface area contributed by atoms with Crippen molar-refractivity contribution in [2.75, 3.05) is 6.54 Å². The normalized spacial score (nSPS) is 12.4. The molecule has 0 bridgehead atoms. The molecule has 1 unspecified atom stereocenters. The quantitative estimate of drug-likeness (QED) is 0.304. The standard InChI is InChI=1S/C14H20N6O4/c15-20-18-12(13(21)24-16)8-4-5-9-17-19-14(22)23-10-11-6-2-1-3-7-11/h1-3,6-7,12H,4-5,8-10,16H2,(H2,15,18). The van der Waals surface area contributed by atoms with Crippen LogP contribution >= 0.6 is 0 Å². The van der Waals surface area contributed by atoms with E-state index >= 15 is 0 Å². The Labute approximate surface area is 138 Å². The van der Waals surface area contributed by atoms with Crippen LogP contribution in [-0.2, 0) is 21.0 Å². The molecule has 0 aromatic heterocycles. The number of rotatable bonds is 9. The monoisotopic (exact) mass is 336 g/mol. The van der Waals surface area contributed by atoms with Gasteiger partial charge in [0, 0.05) is 0 Å². The topological polar surface area (TPSA) is 154 Å². The molecule has 0 aliphatic heterocycles. The molecule has 0 spiro atoms. The number of ether oxygens (including phenoxy) is 1. The number of amides is 1. The van der Waals surface area contributed by atoms with Gasteiger partial charge in [0.05, 0.1) is 6.54 Å². The minimum atomic E-state index is -0.840. The zero-order chi connectivity index (χ0) is 17.6. The van der Waals surface area contributed by atoms with Crippen LogP contribution < -0.4 is 11.7 Å². The van der Waals surface area contributed by atoms with E-state index in [1.807, 2.05) is 30.3 Å². The third-order valence-corrected chi connectivity index (χ3v) is 2.94. The van der Waals surface area contributed by atoms with Gasteiger partial charge in [0.15, 0.2) is 6.04 Å². The number of nitrogens with two attached hydrogens (primary N) is 2. The number of nitrogens with zero attached hydrogens (tertiary/aromatic N) is 4. The number of hydrogen-bond donors (Lipinski definition) is 2. The first kappa shape index (κ1) is 19.2. The Bertz CT molecular complexity index is 564. The van der Waals surface area contributed by atoms with Crippen molar-refractivity contribution in [3.8, 4) is 0 Å². The lowest BCUT2D eigenvalue weighted by Gasteiger charge is -2.06. The maximum absolute atomic E-state index is 11.4. The van der Waals surface area contributed by atoms with Crippen LogP contribution in [0.5, 0.6) is 0 Å². The van der Waals surface area contributed by atoms with Crippen molar-refractivity contribution in [1.82, 2.24) is 0 Å². The van der Waals surface area contributed by atoms with Crippen molar-refractivity contribution in [1.29, 1.82) is 0 Å². The summed E-state index contributed by atoms with van der Waals surface area (Å²) in [6.45, 7) is 0.455. The van der Waals surface area contributed by atoms with E-state index in [1.54, 1.807) is 0 Å². The van der Waals surface area contributed by atoms with Gasteiger partial charge in [-0.2, -0.15) is 16.1 Å². The first-order valence-corrected chi connectivity index (χ1v) is 7.26. The minimum Gasteiger partial charge on any atom is -0.442 e. The fourth-order valence-corrected chi connectivity index (χ4v) is 1.76. The van der Waals surface area contributed by atoms with Gasteiger partial charge in [-0.25, -0.2) is 9.59 Å². The Balaban J connectivity index is 2.18. The molecule has 0 aliphatic rings. The second-order valence-electron chi connectivity index (χ2n) is 4.68. The lowest BCUT2D eigenvalue weighted by molar-refractivity contribution is -0.146. The second kappa shape index (κ2) is 11.7. The van der Waals surface area contributed by atoms with E-state index in [4.69, 9.17) is 16.5 Å². The molecule has 0 heterocycles. The number of carbonyl (C=O) groups is 2. The predicted octanol–water partition coefficient (Wildman–Crippen LogP) is 2.06. The average molecular weight is 336 g/mol. The zero-order valence-corrected chi connectivity index (χ0v) is 13.1. The van der Waals surface area contributed by atoms with Crippen molar-refractivity contribution < 1.29 is 19.2 Å². The maximum atomic E-state index is 11.4. The van der Waals surface area contributed by atoms with Crippen molar-refractivity contribution in [3.05, 3.63) is 35.9 Å². The molecular weight excluding hydrogens is 316 g/mol. The molecule has 0 aliphatic carbocycles. The highest BCUT2D eigenvalue weighted by molar-refractivity contribution is 5.75. The molecule has 1 amide bonds. The van der Waals surface area contributed by atoms with E-state index in [1.165, 1.54) is 0 Å². The molecule has 1 aromatic rings. The number of azo groups is 1. The van der Waals surface area contributed by atoms with Crippen LogP contribution in [0, 0.1) is 0 Å². The molecule has 0 saturated carbocycles. The van der Waals surface area contributed by atoms with Gasteiger partial charge in [0.25, 0.3) is 0 Å². The fourth-order valence-electron chi connectivity index (χ4n) is 1.76. The molecule has 0 radical (unpaired) electrons. The van der Waals surface area contributed by atoms with E-state index in [0.29, 0.717) is 25.8 Å². The Hall–Kier alpha value is -2.88. The summed E-state index contributed by atoms with van der Waals surface area (Å²) < 4.78 is 4.94. The summed E-state index contributed by atoms with van der Waals surface area (Å²) in [7, 11) is 0. The van der Waals surface area contributed by atoms with Gasteiger partial charge in [-0.3, -0.25) is 0 Å². The van der Waals surface area contributed by atoms with E-state index in [0.717, 1.165) is 5.56 Å². The van der Waals surface area contributed by atoms with Gasteiger partial charge < -0.3 is 15.4 Å². The Kier molecular flexibility index (Phi) is 9.31. The van der Waals surface area contributed by atoms with Crippen molar-refractivity contribution in [2.24, 2.45) is 32.3 Å². The highest BCUT2D eigenvalue weighted by Gasteiger charge is 2.18. The lowest BCUT2D eigenvalue weighted by atomic mass is 10.1. The third kappa shape index (κ3) is 7.94. The highest BCUT2D eigenvalue weighted by atomic mass is 16.7. The van der Waals surface area contributed by atoms with E-state index < -0.39 is 18.1 Å². The fraction of sp³-hybridized carbons (Fsp3) is 0.429. The molecule has 0 fully saturated rings. The SMILES string of the molecule is NN=NC(CCCCN=NC(=O)OCc1ccccc1)C(=O)ON. The summed E-state index contributed by atoms with van der Waals surface area (Å²) in [5.41, 5.74) is 0.868. The van der Waals surface area contributed by atoms with Gasteiger partial charge in [0.2, 0.25) is 0 Å². The largest absolute Gasteiger partial charge is 0.452 e. The molecule has 130 valence electrons. The molecule has 1 aromatic carbocycles. The van der Waals surface area contributed by atoms with Crippen LogP contribution in [0.3, 0.4) is 0 Å². The van der Waals surface area contributed by atoms with Crippen molar-refractivity contribution in [3.63, 3.8) is 0 Å². The molecule has 0 saturated heterocycles. The molecule has 24 heavy (non-hydrogen) atoms. The average Bonchev–Trinajstić information content (AvgIpc) is 2.62. The number of hydrogen-bond acceptors (Lipinski definition) is 8. The second-order valence-corrected chi connectivity index (χ2v) is 4.68. The predicted molar refractivity (Wildman–Crippen MR) is 83.3 cm³/mol. The van der Waals surface area contributed by atoms with E-state index in [9.17, 15) is 9.59 Å². The molecular formula is C14H20N6O4. The van der Waals surface area contributed by atoms with Gasteiger partial charge >= 0.3 is 12.1 Å². The number of unbranched alkanes of at least 4 members (excludes halogenated alkanes) is 1. The van der Waals surface area contributed by atoms with Gasteiger partial charge in [-0.15, -0.1) is 0 Å². The molecule has 4 N–H and O–H groups in total. The van der Waals surface area contributed by atoms with Crippen LogP contribution in [0.2, 0.25) is 0 Å². The summed E-state index contributed by atoms with van der Waals surface area (Å²) in [5, 5.41) is 13.7. The van der Waals surface area contributed by atoms with Gasteiger partial charge in [-0.1, -0.05) is 40.7 Å². The van der Waals surface area contributed by atoms with Crippen LogP contribution in [0.15, 0.2) is 50.9 Å². The molecule has 10 nitrogen and oxygen atoms in total. The van der Waals surface area contributed by atoms with Crippen LogP contribution in [-0.4, -0.2) is 24.6 Å². The summed E-state index contributed by atoms with van der Waals surface area (Å²) in [5.74, 6) is 8.97. The number of benzene rings is 1.